The summed E-state index contributed by atoms with van der Waals surface area (Å²) in [4.78, 5) is 15.2. The molecule has 3 N–H and O–H groups in total. The van der Waals surface area contributed by atoms with E-state index in [0.717, 1.165) is 16.7 Å². The molecule has 0 aromatic heterocycles. The molecule has 2 fully saturated rings. The number of aromatic hydroxyl groups is 1. The summed E-state index contributed by atoms with van der Waals surface area (Å²) in [6.45, 7) is 7.38. The van der Waals surface area contributed by atoms with E-state index < -0.39 is 0 Å². The minimum absolute atomic E-state index is 0.0491. The highest BCUT2D eigenvalue weighted by atomic mass is 16.5. The van der Waals surface area contributed by atoms with Crippen molar-refractivity contribution in [1.29, 1.82) is 0 Å². The number of ether oxygens (including phenoxy) is 1. The number of amides is 1. The molecule has 4 rings (SSSR count). The van der Waals surface area contributed by atoms with Gasteiger partial charge in [-0.2, -0.15) is 0 Å². The topological polar surface area (TPSA) is 73.8 Å². The van der Waals surface area contributed by atoms with E-state index >= 15 is 0 Å². The van der Waals surface area contributed by atoms with Gasteiger partial charge in [-0.05, 0) is 30.0 Å². The van der Waals surface area contributed by atoms with E-state index in [1.807, 2.05) is 24.0 Å². The Hall–Kier alpha value is -2.41. The average Bonchev–Trinajstić information content (AvgIpc) is 3.27. The van der Waals surface area contributed by atoms with E-state index in [9.17, 15) is 9.90 Å². The van der Waals surface area contributed by atoms with Crippen LogP contribution in [0.3, 0.4) is 0 Å². The third-order valence-electron chi connectivity index (χ3n) is 6.41. The van der Waals surface area contributed by atoms with Crippen LogP contribution in [0, 0.1) is 12.8 Å². The van der Waals surface area contributed by atoms with Crippen molar-refractivity contribution in [3.05, 3.63) is 64.7 Å². The number of nitrogens with one attached hydrogen (secondary N) is 2. The van der Waals surface area contributed by atoms with Crippen molar-refractivity contribution in [3.63, 3.8) is 0 Å². The van der Waals surface area contributed by atoms with E-state index in [4.69, 9.17) is 4.74 Å². The van der Waals surface area contributed by atoms with E-state index in [2.05, 4.69) is 49.0 Å². The van der Waals surface area contributed by atoms with Crippen molar-refractivity contribution in [2.24, 2.45) is 5.92 Å². The maximum atomic E-state index is 13.3. The summed E-state index contributed by atoms with van der Waals surface area (Å²) in [6, 6.07) is 13.6. The lowest BCUT2D eigenvalue weighted by atomic mass is 9.82. The lowest BCUT2D eigenvalue weighted by Crippen LogP contribution is -2.42. The molecule has 2 aliphatic rings. The second-order valence-corrected chi connectivity index (χ2v) is 8.67. The van der Waals surface area contributed by atoms with Crippen LogP contribution in [0.1, 0.15) is 54.1 Å². The van der Waals surface area contributed by atoms with Crippen LogP contribution in [0.2, 0.25) is 0 Å². The summed E-state index contributed by atoms with van der Waals surface area (Å²) in [5, 5.41) is 10.6. The molecule has 4 atom stereocenters. The van der Waals surface area contributed by atoms with E-state index in [0.29, 0.717) is 19.1 Å². The number of carbonyl (C=O) groups excluding carboxylic acids is 1. The molecule has 6 nitrogen and oxygen atoms in total. The number of nitrogens with zero attached hydrogens (tertiary/aromatic N) is 1. The molecule has 0 aliphatic carbocycles. The number of aryl methyl sites for hydroxylation is 1. The standard InChI is InChI=1S/C24H31N3O3/c1-14(2)16-6-8-17(9-7-16)23-20-21(18-13-15(3)5-10-19(18)28)25-26-22(20)24(29)27(23)11-12-30-4/h5-10,13-14,20-23,25-26,28H,11-12H2,1-4H3. The zero-order chi connectivity index (χ0) is 21.4. The lowest BCUT2D eigenvalue weighted by molar-refractivity contribution is -0.131. The number of phenols is 1. The van der Waals surface area contributed by atoms with Crippen LogP contribution in [0.5, 0.6) is 5.75 Å². The van der Waals surface area contributed by atoms with Crippen LogP contribution < -0.4 is 10.9 Å². The van der Waals surface area contributed by atoms with Gasteiger partial charge in [0.1, 0.15) is 11.8 Å². The highest BCUT2D eigenvalue weighted by Gasteiger charge is 2.55. The Balaban J connectivity index is 1.75. The van der Waals surface area contributed by atoms with Gasteiger partial charge in [0.25, 0.3) is 0 Å². The number of hydrogen-bond acceptors (Lipinski definition) is 5. The Kier molecular flexibility index (Phi) is 5.82. The summed E-state index contributed by atoms with van der Waals surface area (Å²) < 4.78 is 5.29. The van der Waals surface area contributed by atoms with Crippen LogP contribution in [0.25, 0.3) is 0 Å². The fourth-order valence-electron chi connectivity index (χ4n) is 4.81. The van der Waals surface area contributed by atoms with Crippen molar-refractivity contribution >= 4 is 5.91 Å². The third kappa shape index (κ3) is 3.60. The SMILES string of the molecule is COCCN1C(=O)C2NNC(c3cc(C)ccc3O)C2C1c1ccc(C(C)C)cc1. The van der Waals surface area contributed by atoms with Gasteiger partial charge >= 0.3 is 0 Å². The van der Waals surface area contributed by atoms with Crippen LogP contribution in [0.4, 0.5) is 0 Å². The van der Waals surface area contributed by atoms with E-state index in [1.54, 1.807) is 13.2 Å². The van der Waals surface area contributed by atoms with Crippen molar-refractivity contribution in [2.45, 2.75) is 44.8 Å². The molecule has 2 saturated heterocycles. The number of rotatable bonds is 6. The Morgan fingerprint density at radius 1 is 1.10 bits per heavy atom. The van der Waals surface area contributed by atoms with Gasteiger partial charge in [-0.25, -0.2) is 10.9 Å². The molecule has 4 unspecified atom stereocenters. The van der Waals surface area contributed by atoms with E-state index in [1.165, 1.54) is 5.56 Å². The quantitative estimate of drug-likeness (QED) is 0.683. The summed E-state index contributed by atoms with van der Waals surface area (Å²) in [6.07, 6.45) is 0. The zero-order valence-corrected chi connectivity index (χ0v) is 18.1. The second kappa shape index (κ2) is 8.38. The van der Waals surface area contributed by atoms with Gasteiger partial charge in [-0.15, -0.1) is 0 Å². The first-order chi connectivity index (χ1) is 14.4. The number of benzene rings is 2. The van der Waals surface area contributed by atoms with Crippen molar-refractivity contribution in [3.8, 4) is 5.75 Å². The molecule has 2 aromatic carbocycles. The van der Waals surface area contributed by atoms with Gasteiger partial charge < -0.3 is 14.7 Å². The number of carbonyl (C=O) groups is 1. The molecule has 2 heterocycles. The Bertz CT molecular complexity index is 912. The molecule has 2 aromatic rings. The molecule has 0 saturated carbocycles. The summed E-state index contributed by atoms with van der Waals surface area (Å²) in [7, 11) is 1.65. The van der Waals surface area contributed by atoms with Crippen LogP contribution in [-0.2, 0) is 9.53 Å². The number of hydrazine groups is 1. The Morgan fingerprint density at radius 3 is 2.47 bits per heavy atom. The molecular formula is C24H31N3O3. The summed E-state index contributed by atoms with van der Waals surface area (Å²) >= 11 is 0. The molecule has 0 bridgehead atoms. The van der Waals surface area contributed by atoms with Crippen LogP contribution in [0.15, 0.2) is 42.5 Å². The van der Waals surface area contributed by atoms with Crippen LogP contribution >= 0.6 is 0 Å². The van der Waals surface area contributed by atoms with Gasteiger partial charge in [0.15, 0.2) is 0 Å². The molecular weight excluding hydrogens is 378 g/mol. The molecule has 30 heavy (non-hydrogen) atoms. The normalized spacial score (nSPS) is 25.9. The predicted molar refractivity (Wildman–Crippen MR) is 116 cm³/mol. The maximum Gasteiger partial charge on any atom is 0.242 e. The van der Waals surface area contributed by atoms with Gasteiger partial charge in [0.2, 0.25) is 5.91 Å². The largest absolute Gasteiger partial charge is 0.508 e. The second-order valence-electron chi connectivity index (χ2n) is 8.67. The Labute approximate surface area is 178 Å². The molecule has 160 valence electrons. The maximum absolute atomic E-state index is 13.3. The molecule has 2 aliphatic heterocycles. The smallest absolute Gasteiger partial charge is 0.242 e. The van der Waals surface area contributed by atoms with Gasteiger partial charge in [0.05, 0.1) is 18.7 Å². The fourth-order valence-corrected chi connectivity index (χ4v) is 4.81. The molecule has 6 heteroatoms. The number of hydrogen-bond donors (Lipinski definition) is 3. The van der Waals surface area contributed by atoms with Gasteiger partial charge in [-0.3, -0.25) is 4.79 Å². The minimum Gasteiger partial charge on any atom is -0.508 e. The highest BCUT2D eigenvalue weighted by molar-refractivity contribution is 5.86. The molecule has 1 amide bonds. The van der Waals surface area contributed by atoms with Gasteiger partial charge in [0, 0.05) is 25.1 Å². The average molecular weight is 410 g/mol. The van der Waals surface area contributed by atoms with E-state index in [-0.39, 0.29) is 35.7 Å². The molecule has 0 radical (unpaired) electrons. The summed E-state index contributed by atoms with van der Waals surface area (Å²) in [5.74, 6) is 0.717. The van der Waals surface area contributed by atoms with Crippen LogP contribution in [-0.4, -0.2) is 42.2 Å². The number of methoxy groups -OCH3 is 1. The number of phenolic OH excluding ortho intramolecular Hbond substituents is 1. The minimum atomic E-state index is -0.346. The molecule has 0 spiro atoms. The lowest BCUT2D eigenvalue weighted by Gasteiger charge is -2.31. The van der Waals surface area contributed by atoms with Crippen molar-refractivity contribution < 1.29 is 14.6 Å². The Morgan fingerprint density at radius 2 is 1.80 bits per heavy atom. The fraction of sp³-hybridized carbons (Fsp3) is 0.458. The zero-order valence-electron chi connectivity index (χ0n) is 18.1. The third-order valence-corrected chi connectivity index (χ3v) is 6.41. The predicted octanol–water partition coefficient (Wildman–Crippen LogP) is 3.19. The number of fused-ring (bicyclic) bond motifs is 1. The first-order valence-corrected chi connectivity index (χ1v) is 10.6. The first-order valence-electron chi connectivity index (χ1n) is 10.6. The van der Waals surface area contributed by atoms with Gasteiger partial charge in [-0.1, -0.05) is 55.8 Å². The van der Waals surface area contributed by atoms with Crippen molar-refractivity contribution in [1.82, 2.24) is 15.8 Å². The van der Waals surface area contributed by atoms with Crippen molar-refractivity contribution in [2.75, 3.05) is 20.3 Å². The highest BCUT2D eigenvalue weighted by Crippen LogP contribution is 2.48. The monoisotopic (exact) mass is 409 g/mol. The summed E-state index contributed by atoms with van der Waals surface area (Å²) in [5.41, 5.74) is 10.8. The number of likely N-dealkylation sites (tertiary alicyclic amines) is 1. The first kappa shape index (κ1) is 20.8.